The number of fused-ring (bicyclic) bond motifs is 1. The van der Waals surface area contributed by atoms with Gasteiger partial charge in [0.25, 0.3) is 0 Å². The van der Waals surface area contributed by atoms with E-state index in [9.17, 15) is 14.7 Å². The first-order valence-electron chi connectivity index (χ1n) is 8.93. The molecule has 0 unspecified atom stereocenters. The van der Waals surface area contributed by atoms with Crippen LogP contribution < -0.4 is 5.32 Å². The molecular weight excluding hydrogens is 366 g/mol. The molecule has 0 saturated heterocycles. The number of benzene rings is 3. The van der Waals surface area contributed by atoms with Crippen LogP contribution in [0.1, 0.15) is 28.4 Å². The summed E-state index contributed by atoms with van der Waals surface area (Å²) in [6, 6.07) is 18.3. The molecule has 3 aromatic rings. The zero-order valence-corrected chi connectivity index (χ0v) is 15.8. The molecule has 3 N–H and O–H groups in total. The molecule has 0 aliphatic heterocycles. The van der Waals surface area contributed by atoms with E-state index in [0.29, 0.717) is 5.56 Å². The summed E-state index contributed by atoms with van der Waals surface area (Å²) >= 11 is 0. The summed E-state index contributed by atoms with van der Waals surface area (Å²) in [7, 11) is 0. The lowest BCUT2D eigenvalue weighted by atomic mass is 10.0. The largest absolute Gasteiger partial charge is 0.478 e. The number of allylic oxidation sites excluding steroid dienone is 1. The van der Waals surface area contributed by atoms with Crippen molar-refractivity contribution < 1.29 is 19.8 Å². The second-order valence-electron chi connectivity index (χ2n) is 6.40. The van der Waals surface area contributed by atoms with Crippen LogP contribution in [0.5, 0.6) is 0 Å². The van der Waals surface area contributed by atoms with Gasteiger partial charge < -0.3 is 15.5 Å². The second-order valence-corrected chi connectivity index (χ2v) is 6.40. The molecule has 0 aliphatic carbocycles. The Hall–Kier alpha value is -3.88. The first-order valence-corrected chi connectivity index (χ1v) is 8.93. The van der Waals surface area contributed by atoms with Crippen LogP contribution in [0.15, 0.2) is 66.7 Å². The number of aliphatic hydroxyl groups is 1. The monoisotopic (exact) mass is 385 g/mol. The zero-order chi connectivity index (χ0) is 20.8. The zero-order valence-electron chi connectivity index (χ0n) is 15.8. The lowest BCUT2D eigenvalue weighted by Crippen LogP contribution is -2.12. The van der Waals surface area contributed by atoms with Gasteiger partial charge in [-0.25, -0.2) is 4.79 Å². The molecule has 5 nitrogen and oxygen atoms in total. The van der Waals surface area contributed by atoms with Crippen molar-refractivity contribution in [3.05, 3.63) is 83.4 Å². The van der Waals surface area contributed by atoms with E-state index in [4.69, 9.17) is 5.11 Å². The van der Waals surface area contributed by atoms with E-state index in [2.05, 4.69) is 17.2 Å². The van der Waals surface area contributed by atoms with Gasteiger partial charge >= 0.3 is 5.97 Å². The average Bonchev–Trinajstić information content (AvgIpc) is 2.71. The summed E-state index contributed by atoms with van der Waals surface area (Å²) in [5.74, 6) is 3.60. The fraction of sp³-hybridized carbons (Fsp3) is 0.0833. The Balaban J connectivity index is 1.87. The van der Waals surface area contributed by atoms with Gasteiger partial charge in [0.15, 0.2) is 0 Å². The second kappa shape index (κ2) is 8.87. The molecule has 0 aromatic heterocycles. The van der Waals surface area contributed by atoms with Crippen molar-refractivity contribution in [2.75, 3.05) is 11.9 Å². The van der Waals surface area contributed by atoms with Crippen molar-refractivity contribution in [2.24, 2.45) is 0 Å². The third-order valence-electron chi connectivity index (χ3n) is 4.37. The van der Waals surface area contributed by atoms with Crippen molar-refractivity contribution in [1.82, 2.24) is 0 Å². The van der Waals surface area contributed by atoms with Gasteiger partial charge in [-0.2, -0.15) is 0 Å². The van der Waals surface area contributed by atoms with Gasteiger partial charge in [0.1, 0.15) is 6.61 Å². The fourth-order valence-electron chi connectivity index (χ4n) is 2.94. The van der Waals surface area contributed by atoms with Crippen LogP contribution in [0, 0.1) is 11.8 Å². The molecule has 0 fully saturated rings. The van der Waals surface area contributed by atoms with Gasteiger partial charge in [-0.3, -0.25) is 4.79 Å². The summed E-state index contributed by atoms with van der Waals surface area (Å²) in [5, 5.41) is 23.0. The first-order chi connectivity index (χ1) is 14.0. The van der Waals surface area contributed by atoms with Gasteiger partial charge in [0.05, 0.1) is 11.3 Å². The molecule has 1 amide bonds. The molecule has 5 heteroatoms. The van der Waals surface area contributed by atoms with E-state index in [1.807, 2.05) is 49.4 Å². The molecule has 0 saturated carbocycles. The van der Waals surface area contributed by atoms with Gasteiger partial charge in [0.2, 0.25) is 5.91 Å². The molecule has 0 aliphatic rings. The van der Waals surface area contributed by atoms with E-state index in [1.165, 1.54) is 24.3 Å². The molecule has 3 aromatic carbocycles. The van der Waals surface area contributed by atoms with Crippen LogP contribution in [-0.2, 0) is 4.79 Å². The first kappa shape index (κ1) is 19.9. The summed E-state index contributed by atoms with van der Waals surface area (Å²) in [6.07, 6.45) is 1.43. The number of carbonyl (C=O) groups excluding carboxylic acids is 1. The van der Waals surface area contributed by atoms with Crippen molar-refractivity contribution >= 4 is 33.9 Å². The van der Waals surface area contributed by atoms with Crippen LogP contribution in [-0.4, -0.2) is 28.7 Å². The number of aromatic carboxylic acids is 1. The Morgan fingerprint density at radius 1 is 1.03 bits per heavy atom. The van der Waals surface area contributed by atoms with E-state index in [-0.39, 0.29) is 17.9 Å². The molecule has 0 bridgehead atoms. The Morgan fingerprint density at radius 2 is 1.79 bits per heavy atom. The van der Waals surface area contributed by atoms with Crippen molar-refractivity contribution in [3.8, 4) is 11.8 Å². The minimum Gasteiger partial charge on any atom is -0.478 e. The van der Waals surface area contributed by atoms with Crippen molar-refractivity contribution in [1.29, 1.82) is 0 Å². The van der Waals surface area contributed by atoms with E-state index < -0.39 is 11.9 Å². The predicted molar refractivity (Wildman–Crippen MR) is 114 cm³/mol. The SMILES string of the molecule is C/C(=C/C(=O)Nc1cc(C#CCO)ccc1C(=O)O)c1ccc2ccccc2c1. The predicted octanol–water partition coefficient (Wildman–Crippen LogP) is 3.92. The number of aliphatic hydroxyl groups excluding tert-OH is 1. The highest BCUT2D eigenvalue weighted by molar-refractivity contribution is 6.07. The molecule has 0 atom stereocenters. The third-order valence-corrected chi connectivity index (χ3v) is 4.37. The maximum Gasteiger partial charge on any atom is 0.337 e. The van der Waals surface area contributed by atoms with Crippen LogP contribution >= 0.6 is 0 Å². The van der Waals surface area contributed by atoms with E-state index >= 15 is 0 Å². The molecular formula is C24H19NO4. The number of hydrogen-bond acceptors (Lipinski definition) is 3. The van der Waals surface area contributed by atoms with Crippen LogP contribution in [0.25, 0.3) is 16.3 Å². The van der Waals surface area contributed by atoms with Crippen molar-refractivity contribution in [2.45, 2.75) is 6.92 Å². The fourth-order valence-corrected chi connectivity index (χ4v) is 2.94. The maximum absolute atomic E-state index is 12.5. The minimum absolute atomic E-state index is 0.0374. The third kappa shape index (κ3) is 4.89. The molecule has 144 valence electrons. The number of rotatable bonds is 4. The number of anilines is 1. The van der Waals surface area contributed by atoms with Crippen molar-refractivity contribution in [3.63, 3.8) is 0 Å². The quantitative estimate of drug-likeness (QED) is 0.469. The average molecular weight is 385 g/mol. The molecule has 29 heavy (non-hydrogen) atoms. The van der Waals surface area contributed by atoms with Gasteiger partial charge in [-0.1, -0.05) is 48.2 Å². The van der Waals surface area contributed by atoms with Crippen LogP contribution in [0.4, 0.5) is 5.69 Å². The summed E-state index contributed by atoms with van der Waals surface area (Å²) in [6.45, 7) is 1.51. The highest BCUT2D eigenvalue weighted by Gasteiger charge is 2.12. The van der Waals surface area contributed by atoms with Crippen LogP contribution in [0.3, 0.4) is 0 Å². The minimum atomic E-state index is -1.16. The van der Waals surface area contributed by atoms with E-state index in [1.54, 1.807) is 0 Å². The smallest absolute Gasteiger partial charge is 0.337 e. The molecule has 0 heterocycles. The Labute approximate surface area is 168 Å². The standard InChI is InChI=1S/C24H19NO4/c1-16(19-10-9-18-6-2-3-7-20(18)15-19)13-23(27)25-22-14-17(5-4-12-26)8-11-21(22)24(28)29/h2-3,6-11,13-15,26H,12H2,1H3,(H,25,27)(H,28,29)/b16-13-. The Morgan fingerprint density at radius 3 is 2.52 bits per heavy atom. The maximum atomic E-state index is 12.5. The number of nitrogens with one attached hydrogen (secondary N) is 1. The highest BCUT2D eigenvalue weighted by atomic mass is 16.4. The normalized spacial score (nSPS) is 10.9. The number of amides is 1. The number of hydrogen-bond donors (Lipinski definition) is 3. The topological polar surface area (TPSA) is 86.6 Å². The molecule has 0 radical (unpaired) electrons. The Bertz CT molecular complexity index is 1180. The number of carbonyl (C=O) groups is 2. The molecule has 0 spiro atoms. The molecule has 3 rings (SSSR count). The highest BCUT2D eigenvalue weighted by Crippen LogP contribution is 2.22. The summed E-state index contributed by atoms with van der Waals surface area (Å²) < 4.78 is 0. The van der Waals surface area contributed by atoms with Gasteiger partial charge in [-0.05, 0) is 53.1 Å². The lowest BCUT2D eigenvalue weighted by Gasteiger charge is -2.09. The van der Waals surface area contributed by atoms with E-state index in [0.717, 1.165) is 21.9 Å². The lowest BCUT2D eigenvalue weighted by molar-refractivity contribution is -0.111. The Kier molecular flexibility index (Phi) is 6.08. The van der Waals surface area contributed by atoms with Gasteiger partial charge in [0, 0.05) is 11.6 Å². The number of carboxylic acids is 1. The summed E-state index contributed by atoms with van der Waals surface area (Å²) in [5.41, 5.74) is 2.26. The van der Waals surface area contributed by atoms with Gasteiger partial charge in [-0.15, -0.1) is 0 Å². The van der Waals surface area contributed by atoms with Crippen LogP contribution in [0.2, 0.25) is 0 Å². The summed E-state index contributed by atoms with van der Waals surface area (Å²) in [4.78, 5) is 24.0. The number of carboxylic acid groups (broad SMARTS) is 1.